The maximum atomic E-state index is 9.99. The minimum atomic E-state index is -1.27. The van der Waals surface area contributed by atoms with Crippen LogP contribution in [0.25, 0.3) is 0 Å². The predicted molar refractivity (Wildman–Crippen MR) is 36.2 cm³/mol. The van der Waals surface area contributed by atoms with Crippen LogP contribution >= 0.6 is 0 Å². The fourth-order valence-corrected chi connectivity index (χ4v) is 0.455. The van der Waals surface area contributed by atoms with Gasteiger partial charge in [-0.1, -0.05) is 6.92 Å². The van der Waals surface area contributed by atoms with Gasteiger partial charge in [-0.3, -0.25) is 9.59 Å². The van der Waals surface area contributed by atoms with Crippen LogP contribution in [0.5, 0.6) is 0 Å². The van der Waals surface area contributed by atoms with Gasteiger partial charge in [-0.05, 0) is 6.42 Å². The Bertz CT molecular complexity index is 120. The number of aliphatic carboxylic acids is 2. The molecule has 5 heteroatoms. The van der Waals surface area contributed by atoms with E-state index in [2.05, 4.69) is 0 Å². The van der Waals surface area contributed by atoms with Gasteiger partial charge in [0.15, 0.2) is 5.92 Å². The first-order valence-electron chi connectivity index (χ1n) is 2.55. The van der Waals surface area contributed by atoms with Crippen molar-refractivity contribution in [2.45, 2.75) is 13.3 Å². The average Bonchev–Trinajstić information content (AvgIpc) is 1.64. The van der Waals surface area contributed by atoms with Crippen LogP contribution in [0.2, 0.25) is 0 Å². The fourth-order valence-electron chi connectivity index (χ4n) is 0.455. The number of carboxylic acids is 2. The van der Waals surface area contributed by atoms with E-state index in [1.54, 1.807) is 0 Å². The Morgan fingerprint density at radius 2 is 1.60 bits per heavy atom. The molecule has 0 aliphatic carbocycles. The molecule has 0 aliphatic rings. The Hall–Kier alpha value is -0.0600. The third-order valence-electron chi connectivity index (χ3n) is 1.00. The standard InChI is InChI=1S/C5H8O4.Na.H/c1-2-3(4(6)7)5(8)9;;/h3H,2H2,1H3,(H,6,7)(H,8,9);;. The fraction of sp³-hybridized carbons (Fsp3) is 0.600. The van der Waals surface area contributed by atoms with Crippen molar-refractivity contribution in [2.24, 2.45) is 5.92 Å². The zero-order valence-corrected chi connectivity index (χ0v) is 5.00. The molecule has 0 amide bonds. The number of hydrogen-bond donors (Lipinski definition) is 2. The maximum absolute atomic E-state index is 9.99. The van der Waals surface area contributed by atoms with Crippen molar-refractivity contribution >= 4 is 41.5 Å². The van der Waals surface area contributed by atoms with E-state index in [0.717, 1.165) is 0 Å². The van der Waals surface area contributed by atoms with Crippen molar-refractivity contribution in [1.29, 1.82) is 0 Å². The molecular weight excluding hydrogens is 147 g/mol. The molecule has 0 saturated heterocycles. The van der Waals surface area contributed by atoms with Crippen molar-refractivity contribution in [3.8, 4) is 0 Å². The van der Waals surface area contributed by atoms with Crippen molar-refractivity contribution < 1.29 is 19.8 Å². The number of carbonyl (C=O) groups is 2. The molecule has 0 rings (SSSR count). The van der Waals surface area contributed by atoms with E-state index in [9.17, 15) is 9.59 Å². The van der Waals surface area contributed by atoms with Crippen LogP contribution in [0.3, 0.4) is 0 Å². The first kappa shape index (κ1) is 12.6. The van der Waals surface area contributed by atoms with Crippen molar-refractivity contribution in [3.63, 3.8) is 0 Å². The van der Waals surface area contributed by atoms with E-state index in [0.29, 0.717) is 0 Å². The summed E-state index contributed by atoms with van der Waals surface area (Å²) in [7, 11) is 0. The summed E-state index contributed by atoms with van der Waals surface area (Å²) < 4.78 is 0. The quantitative estimate of drug-likeness (QED) is 0.428. The van der Waals surface area contributed by atoms with Crippen LogP contribution < -0.4 is 0 Å². The summed E-state index contributed by atoms with van der Waals surface area (Å²) in [5.74, 6) is -3.79. The monoisotopic (exact) mass is 156 g/mol. The van der Waals surface area contributed by atoms with Crippen LogP contribution in [-0.2, 0) is 9.59 Å². The van der Waals surface area contributed by atoms with Crippen LogP contribution in [0.1, 0.15) is 13.3 Å². The summed E-state index contributed by atoms with van der Waals surface area (Å²) in [6, 6.07) is 0. The van der Waals surface area contributed by atoms with Crippen LogP contribution in [0.4, 0.5) is 0 Å². The zero-order chi connectivity index (χ0) is 7.44. The number of hydrogen-bond acceptors (Lipinski definition) is 2. The molecule has 0 unspecified atom stereocenters. The van der Waals surface area contributed by atoms with Crippen LogP contribution in [0.15, 0.2) is 0 Å². The van der Waals surface area contributed by atoms with E-state index >= 15 is 0 Å². The van der Waals surface area contributed by atoms with Gasteiger partial charge in [0.2, 0.25) is 0 Å². The van der Waals surface area contributed by atoms with Gasteiger partial charge in [-0.15, -0.1) is 0 Å². The molecule has 0 heterocycles. The van der Waals surface area contributed by atoms with Gasteiger partial charge >= 0.3 is 41.5 Å². The molecule has 0 aromatic heterocycles. The van der Waals surface area contributed by atoms with Crippen molar-refractivity contribution in [3.05, 3.63) is 0 Å². The average molecular weight is 156 g/mol. The van der Waals surface area contributed by atoms with E-state index in [-0.39, 0.29) is 36.0 Å². The summed E-state index contributed by atoms with van der Waals surface area (Å²) in [4.78, 5) is 20.0. The Morgan fingerprint density at radius 1 is 1.30 bits per heavy atom. The second-order valence-corrected chi connectivity index (χ2v) is 1.64. The normalized spacial score (nSPS) is 8.60. The molecule has 0 aromatic carbocycles. The van der Waals surface area contributed by atoms with Gasteiger partial charge in [0.1, 0.15) is 0 Å². The Kier molecular flexibility index (Phi) is 7.19. The third kappa shape index (κ3) is 3.87. The molecule has 0 bridgehead atoms. The van der Waals surface area contributed by atoms with E-state index in [1.165, 1.54) is 6.92 Å². The first-order valence-corrected chi connectivity index (χ1v) is 2.55. The zero-order valence-electron chi connectivity index (χ0n) is 5.00. The van der Waals surface area contributed by atoms with Gasteiger partial charge in [-0.25, -0.2) is 0 Å². The van der Waals surface area contributed by atoms with Crippen LogP contribution in [0, 0.1) is 5.92 Å². The van der Waals surface area contributed by atoms with Gasteiger partial charge in [0, 0.05) is 0 Å². The minimum absolute atomic E-state index is 0. The Morgan fingerprint density at radius 3 is 1.60 bits per heavy atom. The second-order valence-electron chi connectivity index (χ2n) is 1.64. The third-order valence-corrected chi connectivity index (χ3v) is 1.00. The molecular formula is C5H9NaO4. The van der Waals surface area contributed by atoms with Crippen molar-refractivity contribution in [1.82, 2.24) is 0 Å². The van der Waals surface area contributed by atoms with E-state index in [1.807, 2.05) is 0 Å². The molecule has 54 valence electrons. The number of carboxylic acid groups (broad SMARTS) is 2. The van der Waals surface area contributed by atoms with Gasteiger partial charge in [0.25, 0.3) is 0 Å². The van der Waals surface area contributed by atoms with E-state index < -0.39 is 17.9 Å². The van der Waals surface area contributed by atoms with Crippen LogP contribution in [-0.4, -0.2) is 51.7 Å². The molecule has 0 spiro atoms. The SMILES string of the molecule is CCC(C(=O)O)C(=O)O.[NaH]. The predicted octanol–water partition coefficient (Wildman–Crippen LogP) is -0.467. The molecule has 0 fully saturated rings. The van der Waals surface area contributed by atoms with Gasteiger partial charge in [-0.2, -0.15) is 0 Å². The molecule has 10 heavy (non-hydrogen) atoms. The molecule has 2 N–H and O–H groups in total. The summed E-state index contributed by atoms with van der Waals surface area (Å²) in [6.07, 6.45) is 0.130. The van der Waals surface area contributed by atoms with Crippen molar-refractivity contribution in [2.75, 3.05) is 0 Å². The summed E-state index contributed by atoms with van der Waals surface area (Å²) in [5.41, 5.74) is 0. The summed E-state index contributed by atoms with van der Waals surface area (Å²) >= 11 is 0. The molecule has 0 aromatic rings. The second kappa shape index (κ2) is 5.70. The summed E-state index contributed by atoms with van der Waals surface area (Å²) in [5, 5.41) is 16.3. The first-order chi connectivity index (χ1) is 4.09. The molecule has 0 radical (unpaired) electrons. The van der Waals surface area contributed by atoms with Gasteiger partial charge in [0.05, 0.1) is 0 Å². The summed E-state index contributed by atoms with van der Waals surface area (Å²) in [6.45, 7) is 1.52. The number of rotatable bonds is 3. The molecule has 0 aliphatic heterocycles. The molecule has 0 atom stereocenters. The topological polar surface area (TPSA) is 74.6 Å². The van der Waals surface area contributed by atoms with E-state index in [4.69, 9.17) is 10.2 Å². The Balaban J connectivity index is 0. The molecule has 0 saturated carbocycles. The Labute approximate surface area is 80.5 Å². The van der Waals surface area contributed by atoms with Gasteiger partial charge < -0.3 is 10.2 Å². The molecule has 4 nitrogen and oxygen atoms in total.